The summed E-state index contributed by atoms with van der Waals surface area (Å²) in [5, 5.41) is 5.14. The molecule has 0 radical (unpaired) electrons. The highest BCUT2D eigenvalue weighted by molar-refractivity contribution is 7.89. The van der Waals surface area contributed by atoms with Gasteiger partial charge in [0.25, 0.3) is 5.91 Å². The molecule has 0 aliphatic carbocycles. The molecule has 0 atom stereocenters. The van der Waals surface area contributed by atoms with E-state index in [9.17, 15) is 18.0 Å². The van der Waals surface area contributed by atoms with Crippen molar-refractivity contribution in [3.05, 3.63) is 29.3 Å². The van der Waals surface area contributed by atoms with E-state index in [2.05, 4.69) is 15.4 Å². The van der Waals surface area contributed by atoms with Crippen molar-refractivity contribution in [3.63, 3.8) is 0 Å². The van der Waals surface area contributed by atoms with Crippen LogP contribution in [0.25, 0.3) is 0 Å². The van der Waals surface area contributed by atoms with Crippen molar-refractivity contribution in [1.82, 2.24) is 15.4 Å². The van der Waals surface area contributed by atoms with Crippen LogP contribution < -0.4 is 15.4 Å². The van der Waals surface area contributed by atoms with E-state index in [0.717, 1.165) is 6.42 Å². The molecular weight excluding hydrogens is 318 g/mol. The molecule has 0 fully saturated rings. The Hall–Kier alpha value is -1.93. The van der Waals surface area contributed by atoms with Crippen LogP contribution >= 0.6 is 0 Å². The summed E-state index contributed by atoms with van der Waals surface area (Å²) in [5.74, 6) is -0.767. The Balaban J connectivity index is 2.87. The number of hydrogen-bond acceptors (Lipinski definition) is 4. The number of sulfonamides is 1. The zero-order valence-corrected chi connectivity index (χ0v) is 14.4. The van der Waals surface area contributed by atoms with Gasteiger partial charge in [0.15, 0.2) is 0 Å². The SMILES string of the molecule is CCCNC(=O)CNC(=O)c1cc(S(=O)(=O)NCC)ccc1C. The van der Waals surface area contributed by atoms with Gasteiger partial charge in [-0.1, -0.05) is 19.9 Å². The summed E-state index contributed by atoms with van der Waals surface area (Å²) in [4.78, 5) is 23.7. The van der Waals surface area contributed by atoms with E-state index in [-0.39, 0.29) is 29.5 Å². The van der Waals surface area contributed by atoms with Crippen molar-refractivity contribution in [3.8, 4) is 0 Å². The number of hydrogen-bond donors (Lipinski definition) is 3. The summed E-state index contributed by atoms with van der Waals surface area (Å²) >= 11 is 0. The summed E-state index contributed by atoms with van der Waals surface area (Å²) in [7, 11) is -3.64. The molecule has 0 spiro atoms. The summed E-state index contributed by atoms with van der Waals surface area (Å²) in [6, 6.07) is 4.32. The van der Waals surface area contributed by atoms with E-state index in [0.29, 0.717) is 12.1 Å². The quantitative estimate of drug-likeness (QED) is 0.642. The van der Waals surface area contributed by atoms with Gasteiger partial charge in [0.1, 0.15) is 0 Å². The topological polar surface area (TPSA) is 104 Å². The van der Waals surface area contributed by atoms with Crippen LogP contribution in [0.4, 0.5) is 0 Å². The Morgan fingerprint density at radius 1 is 1.13 bits per heavy atom. The van der Waals surface area contributed by atoms with Gasteiger partial charge in [-0.05, 0) is 31.0 Å². The fraction of sp³-hybridized carbons (Fsp3) is 0.467. The number of aryl methyl sites for hydroxylation is 1. The third-order valence-electron chi connectivity index (χ3n) is 3.08. The molecule has 8 heteroatoms. The summed E-state index contributed by atoms with van der Waals surface area (Å²) in [5.41, 5.74) is 0.860. The molecule has 1 rings (SSSR count). The van der Waals surface area contributed by atoms with Gasteiger partial charge < -0.3 is 10.6 Å². The lowest BCUT2D eigenvalue weighted by Crippen LogP contribution is -2.37. The first-order valence-electron chi connectivity index (χ1n) is 7.47. The number of rotatable bonds is 8. The Morgan fingerprint density at radius 2 is 1.83 bits per heavy atom. The lowest BCUT2D eigenvalue weighted by molar-refractivity contribution is -0.120. The number of benzene rings is 1. The van der Waals surface area contributed by atoms with Gasteiger partial charge in [-0.25, -0.2) is 13.1 Å². The van der Waals surface area contributed by atoms with Crippen LogP contribution in [0.2, 0.25) is 0 Å². The van der Waals surface area contributed by atoms with Crippen LogP contribution in [-0.4, -0.2) is 39.9 Å². The Morgan fingerprint density at radius 3 is 2.43 bits per heavy atom. The molecule has 23 heavy (non-hydrogen) atoms. The second-order valence-corrected chi connectivity index (χ2v) is 6.78. The average Bonchev–Trinajstić information content (AvgIpc) is 2.50. The minimum Gasteiger partial charge on any atom is -0.355 e. The molecule has 0 aromatic heterocycles. The van der Waals surface area contributed by atoms with Crippen molar-refractivity contribution in [2.24, 2.45) is 0 Å². The fourth-order valence-corrected chi connectivity index (χ4v) is 2.94. The highest BCUT2D eigenvalue weighted by Gasteiger charge is 2.17. The molecule has 0 saturated carbocycles. The van der Waals surface area contributed by atoms with Crippen LogP contribution in [0.5, 0.6) is 0 Å². The molecule has 128 valence electrons. The van der Waals surface area contributed by atoms with Crippen molar-refractivity contribution >= 4 is 21.8 Å². The predicted octanol–water partition coefficient (Wildman–Crippen LogP) is 0.549. The molecule has 3 N–H and O–H groups in total. The highest BCUT2D eigenvalue weighted by Crippen LogP contribution is 2.15. The first kappa shape index (κ1) is 19.1. The van der Waals surface area contributed by atoms with Crippen LogP contribution in [0.3, 0.4) is 0 Å². The number of amides is 2. The summed E-state index contributed by atoms with van der Waals surface area (Å²) in [6.45, 7) is 5.96. The van der Waals surface area contributed by atoms with E-state index in [4.69, 9.17) is 0 Å². The van der Waals surface area contributed by atoms with E-state index >= 15 is 0 Å². The molecule has 0 bridgehead atoms. The molecule has 1 aromatic carbocycles. The normalized spacial score (nSPS) is 11.1. The van der Waals surface area contributed by atoms with Gasteiger partial charge in [0, 0.05) is 18.7 Å². The highest BCUT2D eigenvalue weighted by atomic mass is 32.2. The first-order valence-corrected chi connectivity index (χ1v) is 8.95. The van der Waals surface area contributed by atoms with E-state index in [1.807, 2.05) is 6.92 Å². The van der Waals surface area contributed by atoms with Crippen molar-refractivity contribution in [2.45, 2.75) is 32.1 Å². The lowest BCUT2D eigenvalue weighted by Gasteiger charge is -2.10. The van der Waals surface area contributed by atoms with Gasteiger partial charge in [-0.15, -0.1) is 0 Å². The molecule has 0 aliphatic heterocycles. The zero-order chi connectivity index (χ0) is 17.5. The maximum atomic E-state index is 12.2. The Kier molecular flexibility index (Phi) is 7.18. The number of carbonyl (C=O) groups excluding carboxylic acids is 2. The average molecular weight is 341 g/mol. The monoisotopic (exact) mass is 341 g/mol. The van der Waals surface area contributed by atoms with E-state index in [1.54, 1.807) is 19.9 Å². The molecular formula is C15H23N3O4S. The van der Waals surface area contributed by atoms with Gasteiger partial charge in [0.2, 0.25) is 15.9 Å². The lowest BCUT2D eigenvalue weighted by atomic mass is 10.1. The zero-order valence-electron chi connectivity index (χ0n) is 13.6. The molecule has 2 amide bonds. The Bertz CT molecular complexity index is 671. The molecule has 7 nitrogen and oxygen atoms in total. The van der Waals surface area contributed by atoms with Gasteiger partial charge in [0.05, 0.1) is 11.4 Å². The minimum atomic E-state index is -3.64. The second-order valence-electron chi connectivity index (χ2n) is 5.01. The number of carbonyl (C=O) groups is 2. The summed E-state index contributed by atoms with van der Waals surface area (Å²) in [6.07, 6.45) is 0.809. The molecule has 0 aliphatic rings. The van der Waals surface area contributed by atoms with Crippen molar-refractivity contribution in [1.29, 1.82) is 0 Å². The smallest absolute Gasteiger partial charge is 0.252 e. The molecule has 0 heterocycles. The maximum absolute atomic E-state index is 12.2. The van der Waals surface area contributed by atoms with E-state index < -0.39 is 15.9 Å². The van der Waals surface area contributed by atoms with Crippen LogP contribution in [0, 0.1) is 6.92 Å². The maximum Gasteiger partial charge on any atom is 0.252 e. The third-order valence-corrected chi connectivity index (χ3v) is 4.62. The molecule has 0 unspecified atom stereocenters. The Labute approximate surface area is 136 Å². The van der Waals surface area contributed by atoms with Crippen molar-refractivity contribution in [2.75, 3.05) is 19.6 Å². The van der Waals surface area contributed by atoms with Gasteiger partial charge >= 0.3 is 0 Å². The fourth-order valence-electron chi connectivity index (χ4n) is 1.87. The third kappa shape index (κ3) is 5.65. The van der Waals surface area contributed by atoms with Crippen molar-refractivity contribution < 1.29 is 18.0 Å². The van der Waals surface area contributed by atoms with Crippen LogP contribution in [0.15, 0.2) is 23.1 Å². The first-order chi connectivity index (χ1) is 10.8. The molecule has 0 saturated heterocycles. The summed E-state index contributed by atoms with van der Waals surface area (Å²) < 4.78 is 26.4. The molecule has 1 aromatic rings. The van der Waals surface area contributed by atoms with Crippen LogP contribution in [-0.2, 0) is 14.8 Å². The minimum absolute atomic E-state index is 0.0190. The second kappa shape index (κ2) is 8.64. The largest absolute Gasteiger partial charge is 0.355 e. The standard InChI is InChI=1S/C15H23N3O4S/c1-4-8-16-14(19)10-17-15(20)13-9-12(7-6-11(13)3)23(21,22)18-5-2/h6-7,9,18H,4-5,8,10H2,1-3H3,(H,16,19)(H,17,20). The predicted molar refractivity (Wildman–Crippen MR) is 87.7 cm³/mol. The van der Waals surface area contributed by atoms with Gasteiger partial charge in [-0.2, -0.15) is 0 Å². The van der Waals surface area contributed by atoms with Crippen LogP contribution in [0.1, 0.15) is 36.2 Å². The number of nitrogens with one attached hydrogen (secondary N) is 3. The van der Waals surface area contributed by atoms with E-state index in [1.165, 1.54) is 12.1 Å². The van der Waals surface area contributed by atoms with Gasteiger partial charge in [-0.3, -0.25) is 9.59 Å².